The molecule has 0 bridgehead atoms. The Balaban J connectivity index is 0.933. The standard InChI is InChI=1S/C57H37N3O/c1-3-14-37(15-4-1)55-58-56(38-16-5-2-6-17-38)60-57(59-55)39-28-26-36(27-29-39)44-24-13-25-53-54(44)51-35-41(31-33-52(51)61-53)43-19-8-7-18-42(43)40-30-32-49-47-22-10-9-20-45(47)46-21-11-12-23-48(46)50(49)34-40/h1-35,46,48H. The molecule has 61 heavy (non-hydrogen) atoms. The molecule has 286 valence electrons. The van der Waals surface area contributed by atoms with Crippen LogP contribution in [0.3, 0.4) is 0 Å². The van der Waals surface area contributed by atoms with Gasteiger partial charge in [0.15, 0.2) is 17.5 Å². The largest absolute Gasteiger partial charge is 0.456 e. The zero-order valence-corrected chi connectivity index (χ0v) is 33.1. The van der Waals surface area contributed by atoms with E-state index in [1.54, 1.807) is 0 Å². The molecule has 0 radical (unpaired) electrons. The summed E-state index contributed by atoms with van der Waals surface area (Å²) in [5, 5.41) is 2.18. The summed E-state index contributed by atoms with van der Waals surface area (Å²) in [5.41, 5.74) is 16.9. The van der Waals surface area contributed by atoms with Crippen molar-refractivity contribution in [2.24, 2.45) is 0 Å². The summed E-state index contributed by atoms with van der Waals surface area (Å²) >= 11 is 0. The zero-order chi connectivity index (χ0) is 40.3. The van der Waals surface area contributed by atoms with Crippen LogP contribution in [0.4, 0.5) is 0 Å². The fraction of sp³-hybridized carbons (Fsp3) is 0.0351. The number of hydrogen-bond acceptors (Lipinski definition) is 4. The van der Waals surface area contributed by atoms with Crippen LogP contribution in [-0.4, -0.2) is 15.0 Å². The maximum atomic E-state index is 6.53. The van der Waals surface area contributed by atoms with E-state index < -0.39 is 0 Å². The molecule has 0 N–H and O–H groups in total. The number of aromatic nitrogens is 3. The van der Waals surface area contributed by atoms with Gasteiger partial charge in [0.05, 0.1) is 0 Å². The van der Waals surface area contributed by atoms with Crippen molar-refractivity contribution in [3.05, 3.63) is 223 Å². The van der Waals surface area contributed by atoms with Crippen LogP contribution in [0, 0.1) is 0 Å². The van der Waals surface area contributed by atoms with Gasteiger partial charge >= 0.3 is 0 Å². The molecule has 4 heteroatoms. The molecule has 0 spiro atoms. The summed E-state index contributed by atoms with van der Waals surface area (Å²) in [6.07, 6.45) is 9.12. The zero-order valence-electron chi connectivity index (χ0n) is 33.1. The third-order valence-corrected chi connectivity index (χ3v) is 12.4. The molecule has 2 unspecified atom stereocenters. The normalized spacial score (nSPS) is 15.1. The Morgan fingerprint density at radius 2 is 0.820 bits per heavy atom. The number of benzene rings is 8. The highest BCUT2D eigenvalue weighted by Crippen LogP contribution is 2.51. The van der Waals surface area contributed by atoms with Crippen molar-refractivity contribution in [2.45, 2.75) is 11.8 Å². The number of rotatable bonds is 6. The maximum Gasteiger partial charge on any atom is 0.164 e. The van der Waals surface area contributed by atoms with Crippen molar-refractivity contribution in [1.29, 1.82) is 0 Å². The molecule has 0 amide bonds. The Labute approximate surface area is 353 Å². The van der Waals surface area contributed by atoms with Gasteiger partial charge in [-0.2, -0.15) is 0 Å². The molecule has 2 aliphatic rings. The quantitative estimate of drug-likeness (QED) is 0.169. The van der Waals surface area contributed by atoms with Gasteiger partial charge in [-0.25, -0.2) is 15.0 Å². The second kappa shape index (κ2) is 14.4. The average molecular weight is 780 g/mol. The van der Waals surface area contributed by atoms with Crippen LogP contribution in [0.1, 0.15) is 23.0 Å². The van der Waals surface area contributed by atoms with Gasteiger partial charge in [0.1, 0.15) is 11.2 Å². The summed E-state index contributed by atoms with van der Waals surface area (Å²) in [6.45, 7) is 0. The van der Waals surface area contributed by atoms with Crippen LogP contribution >= 0.6 is 0 Å². The van der Waals surface area contributed by atoms with Gasteiger partial charge < -0.3 is 4.42 Å². The number of hydrogen-bond donors (Lipinski definition) is 0. The lowest BCUT2D eigenvalue weighted by Gasteiger charge is -2.34. The summed E-state index contributed by atoms with van der Waals surface area (Å²) < 4.78 is 6.53. The lowest BCUT2D eigenvalue weighted by atomic mass is 9.69. The molecule has 0 saturated heterocycles. The number of furan rings is 1. The average Bonchev–Trinajstić information content (AvgIpc) is 3.73. The summed E-state index contributed by atoms with van der Waals surface area (Å²) in [4.78, 5) is 14.8. The molecule has 4 nitrogen and oxygen atoms in total. The van der Waals surface area contributed by atoms with E-state index in [-0.39, 0.29) is 0 Å². The highest BCUT2D eigenvalue weighted by molar-refractivity contribution is 6.13. The molecular formula is C57H37N3O. The molecule has 2 heterocycles. The van der Waals surface area contributed by atoms with Gasteiger partial charge in [0, 0.05) is 39.3 Å². The van der Waals surface area contributed by atoms with Gasteiger partial charge in [-0.05, 0) is 79.9 Å². The Bertz CT molecular complexity index is 3300. The van der Waals surface area contributed by atoms with Crippen LogP contribution in [0.2, 0.25) is 0 Å². The molecular weight excluding hydrogens is 743 g/mol. The summed E-state index contributed by atoms with van der Waals surface area (Å²) in [7, 11) is 0. The third-order valence-electron chi connectivity index (χ3n) is 12.4. The third kappa shape index (κ3) is 6.03. The van der Waals surface area contributed by atoms with E-state index in [0.717, 1.165) is 55.3 Å². The van der Waals surface area contributed by atoms with E-state index in [0.29, 0.717) is 29.3 Å². The second-order valence-corrected chi connectivity index (χ2v) is 15.9. The van der Waals surface area contributed by atoms with E-state index in [2.05, 4.69) is 152 Å². The monoisotopic (exact) mass is 779 g/mol. The van der Waals surface area contributed by atoms with Gasteiger partial charge in [-0.1, -0.05) is 188 Å². The van der Waals surface area contributed by atoms with E-state index in [4.69, 9.17) is 19.4 Å². The van der Waals surface area contributed by atoms with Crippen LogP contribution < -0.4 is 0 Å². The first kappa shape index (κ1) is 35.0. The molecule has 8 aromatic carbocycles. The van der Waals surface area contributed by atoms with Crippen LogP contribution in [-0.2, 0) is 0 Å². The minimum absolute atomic E-state index is 0.305. The fourth-order valence-corrected chi connectivity index (χ4v) is 9.44. The van der Waals surface area contributed by atoms with Gasteiger partial charge in [-0.15, -0.1) is 0 Å². The predicted molar refractivity (Wildman–Crippen MR) is 249 cm³/mol. The molecule has 0 fully saturated rings. The molecule has 2 aromatic heterocycles. The topological polar surface area (TPSA) is 51.8 Å². The van der Waals surface area contributed by atoms with Crippen molar-refractivity contribution in [1.82, 2.24) is 15.0 Å². The molecule has 0 saturated carbocycles. The van der Waals surface area contributed by atoms with Crippen LogP contribution in [0.25, 0.3) is 101 Å². The van der Waals surface area contributed by atoms with Gasteiger partial charge in [-0.3, -0.25) is 0 Å². The SMILES string of the molecule is C1=CC2c3ccccc3-c3ccc(-c4ccccc4-c4ccc5oc6cccc(-c7ccc(-c8nc(-c9ccccc9)nc(-c9ccccc9)n8)cc7)c6c5c4)cc3C2C=C1. The molecule has 10 aromatic rings. The first-order valence-corrected chi connectivity index (χ1v) is 20.8. The van der Waals surface area contributed by atoms with Crippen LogP contribution in [0.15, 0.2) is 217 Å². The van der Waals surface area contributed by atoms with Crippen LogP contribution in [0.5, 0.6) is 0 Å². The Morgan fingerprint density at radius 1 is 0.328 bits per heavy atom. The smallest absolute Gasteiger partial charge is 0.164 e. The van der Waals surface area contributed by atoms with Gasteiger partial charge in [0.2, 0.25) is 0 Å². The minimum Gasteiger partial charge on any atom is -0.456 e. The van der Waals surface area contributed by atoms with E-state index in [1.807, 2.05) is 60.7 Å². The lowest BCUT2D eigenvalue weighted by molar-refractivity contribution is 0.669. The van der Waals surface area contributed by atoms with E-state index in [9.17, 15) is 0 Å². The Morgan fingerprint density at radius 3 is 1.49 bits per heavy atom. The van der Waals surface area contributed by atoms with Crippen molar-refractivity contribution in [3.8, 4) is 78.7 Å². The first-order chi connectivity index (χ1) is 30.2. The Kier molecular flexibility index (Phi) is 8.27. The summed E-state index contributed by atoms with van der Waals surface area (Å²) in [5.74, 6) is 2.56. The molecule has 12 rings (SSSR count). The highest BCUT2D eigenvalue weighted by Gasteiger charge is 2.32. The number of fused-ring (bicyclic) bond motifs is 9. The summed E-state index contributed by atoms with van der Waals surface area (Å²) in [6, 6.07) is 66.4. The minimum atomic E-state index is 0.305. The van der Waals surface area contributed by atoms with Crippen molar-refractivity contribution >= 4 is 21.9 Å². The molecule has 2 atom stereocenters. The first-order valence-electron chi connectivity index (χ1n) is 20.8. The van der Waals surface area contributed by atoms with E-state index in [1.165, 1.54) is 38.9 Å². The fourth-order valence-electron chi connectivity index (χ4n) is 9.44. The van der Waals surface area contributed by atoms with Gasteiger partial charge in [0.25, 0.3) is 0 Å². The predicted octanol–water partition coefficient (Wildman–Crippen LogP) is 14.7. The lowest BCUT2D eigenvalue weighted by Crippen LogP contribution is -2.16. The number of allylic oxidation sites excluding steroid dienone is 4. The molecule has 2 aliphatic carbocycles. The Hall–Kier alpha value is -7.95. The maximum absolute atomic E-state index is 6.53. The van der Waals surface area contributed by atoms with Crippen molar-refractivity contribution in [2.75, 3.05) is 0 Å². The van der Waals surface area contributed by atoms with Crippen molar-refractivity contribution in [3.63, 3.8) is 0 Å². The highest BCUT2D eigenvalue weighted by atomic mass is 16.3. The van der Waals surface area contributed by atoms with Crippen molar-refractivity contribution < 1.29 is 4.42 Å². The molecule has 0 aliphatic heterocycles. The number of nitrogens with zero attached hydrogens (tertiary/aromatic N) is 3. The van der Waals surface area contributed by atoms with E-state index >= 15 is 0 Å². The second-order valence-electron chi connectivity index (χ2n) is 15.9.